The highest BCUT2D eigenvalue weighted by atomic mass is 79.9. The van der Waals surface area contributed by atoms with Crippen LogP contribution < -0.4 is 10.2 Å². The number of nitrogens with zero attached hydrogens (tertiary/aromatic N) is 1. The van der Waals surface area contributed by atoms with Crippen molar-refractivity contribution in [1.82, 2.24) is 5.32 Å². The van der Waals surface area contributed by atoms with Crippen LogP contribution in [-0.4, -0.2) is 25.7 Å². The van der Waals surface area contributed by atoms with Crippen LogP contribution in [0.4, 0.5) is 5.69 Å². The summed E-state index contributed by atoms with van der Waals surface area (Å²) < 4.78 is 1.17. The zero-order valence-corrected chi connectivity index (χ0v) is 11.8. The maximum absolute atomic E-state index is 3.66. The van der Waals surface area contributed by atoms with Gasteiger partial charge in [-0.15, -0.1) is 0 Å². The molecule has 1 aliphatic carbocycles. The summed E-state index contributed by atoms with van der Waals surface area (Å²) in [5.74, 6) is 0.938. The van der Waals surface area contributed by atoms with Gasteiger partial charge in [-0.3, -0.25) is 0 Å². The molecular weight excluding hydrogens is 276 g/mol. The molecule has 1 heterocycles. The van der Waals surface area contributed by atoms with E-state index in [-0.39, 0.29) is 0 Å². The summed E-state index contributed by atoms with van der Waals surface area (Å²) in [6.45, 7) is 5.63. The molecular formula is C14H19BrN2. The first-order valence-electron chi connectivity index (χ1n) is 6.48. The van der Waals surface area contributed by atoms with Gasteiger partial charge in [-0.2, -0.15) is 0 Å². The Labute approximate surface area is 112 Å². The number of hydrogen-bond acceptors (Lipinski definition) is 2. The third-order valence-corrected chi connectivity index (χ3v) is 4.39. The molecule has 1 aliphatic heterocycles. The molecule has 0 amide bonds. The highest BCUT2D eigenvalue weighted by Gasteiger charge is 2.34. The fourth-order valence-electron chi connectivity index (χ4n) is 2.78. The highest BCUT2D eigenvalue weighted by Crippen LogP contribution is 2.35. The van der Waals surface area contributed by atoms with Gasteiger partial charge in [0.25, 0.3) is 0 Å². The molecule has 1 unspecified atom stereocenters. The van der Waals surface area contributed by atoms with E-state index in [4.69, 9.17) is 0 Å². The van der Waals surface area contributed by atoms with Gasteiger partial charge in [0, 0.05) is 35.8 Å². The number of anilines is 1. The number of hydrogen-bond donors (Lipinski definition) is 1. The third-order valence-electron chi connectivity index (χ3n) is 3.90. The molecule has 1 saturated carbocycles. The van der Waals surface area contributed by atoms with E-state index < -0.39 is 0 Å². The van der Waals surface area contributed by atoms with Gasteiger partial charge in [-0.1, -0.05) is 15.9 Å². The number of aryl methyl sites for hydroxylation is 1. The minimum Gasteiger partial charge on any atom is -0.368 e. The maximum Gasteiger partial charge on any atom is 0.0397 e. The number of piperazine rings is 1. The normalized spacial score (nSPS) is 25.1. The Morgan fingerprint density at radius 3 is 2.88 bits per heavy atom. The van der Waals surface area contributed by atoms with E-state index in [1.807, 2.05) is 0 Å². The standard InChI is InChI=1S/C14H19BrN2/c1-10-8-12(15)4-5-14(10)17-7-6-16-13(9-17)11-2-3-11/h4-5,8,11,13,16H,2-3,6-7,9H2,1H3. The van der Waals surface area contributed by atoms with Crippen LogP contribution in [-0.2, 0) is 0 Å². The Morgan fingerprint density at radius 2 is 2.18 bits per heavy atom. The summed E-state index contributed by atoms with van der Waals surface area (Å²) in [6.07, 6.45) is 2.84. The molecule has 0 bridgehead atoms. The largest absolute Gasteiger partial charge is 0.368 e. The lowest BCUT2D eigenvalue weighted by atomic mass is 10.1. The fraction of sp³-hybridized carbons (Fsp3) is 0.571. The monoisotopic (exact) mass is 294 g/mol. The van der Waals surface area contributed by atoms with E-state index >= 15 is 0 Å². The van der Waals surface area contributed by atoms with Crippen molar-refractivity contribution in [3.8, 4) is 0 Å². The van der Waals surface area contributed by atoms with E-state index in [1.165, 1.54) is 35.1 Å². The van der Waals surface area contributed by atoms with E-state index in [9.17, 15) is 0 Å². The molecule has 2 aliphatic rings. The summed E-state index contributed by atoms with van der Waals surface area (Å²) in [4.78, 5) is 2.54. The molecule has 1 aromatic rings. The first-order chi connectivity index (χ1) is 8.24. The van der Waals surface area contributed by atoms with Gasteiger partial charge in [0.1, 0.15) is 0 Å². The zero-order valence-electron chi connectivity index (χ0n) is 10.2. The van der Waals surface area contributed by atoms with Gasteiger partial charge in [-0.25, -0.2) is 0 Å². The van der Waals surface area contributed by atoms with Crippen molar-refractivity contribution in [2.24, 2.45) is 5.92 Å². The van der Waals surface area contributed by atoms with Gasteiger partial charge in [0.15, 0.2) is 0 Å². The van der Waals surface area contributed by atoms with Crippen LogP contribution >= 0.6 is 15.9 Å². The topological polar surface area (TPSA) is 15.3 Å². The number of nitrogens with one attached hydrogen (secondary N) is 1. The van der Waals surface area contributed by atoms with E-state index in [0.29, 0.717) is 6.04 Å². The van der Waals surface area contributed by atoms with Gasteiger partial charge in [0.05, 0.1) is 0 Å². The number of halogens is 1. The Balaban J connectivity index is 1.77. The Hall–Kier alpha value is -0.540. The highest BCUT2D eigenvalue weighted by molar-refractivity contribution is 9.10. The minimum atomic E-state index is 0.715. The second kappa shape index (κ2) is 4.62. The smallest absolute Gasteiger partial charge is 0.0397 e. The second-order valence-corrected chi connectivity index (χ2v) is 6.19. The van der Waals surface area contributed by atoms with Crippen molar-refractivity contribution in [1.29, 1.82) is 0 Å². The van der Waals surface area contributed by atoms with Crippen LogP contribution in [0.3, 0.4) is 0 Å². The first kappa shape index (κ1) is 11.5. The third kappa shape index (κ3) is 2.50. The Kier molecular flexibility index (Phi) is 3.14. The molecule has 2 nitrogen and oxygen atoms in total. The molecule has 0 spiro atoms. The molecule has 0 radical (unpaired) electrons. The molecule has 1 aromatic carbocycles. The lowest BCUT2D eigenvalue weighted by molar-refractivity contribution is 0.418. The van der Waals surface area contributed by atoms with Crippen molar-refractivity contribution in [2.75, 3.05) is 24.5 Å². The molecule has 17 heavy (non-hydrogen) atoms. The lowest BCUT2D eigenvalue weighted by Gasteiger charge is -2.36. The summed E-state index contributed by atoms with van der Waals surface area (Å²) in [5, 5.41) is 3.66. The van der Waals surface area contributed by atoms with Crippen LogP contribution in [0.2, 0.25) is 0 Å². The molecule has 0 aromatic heterocycles. The van der Waals surface area contributed by atoms with Crippen molar-refractivity contribution >= 4 is 21.6 Å². The first-order valence-corrected chi connectivity index (χ1v) is 7.28. The van der Waals surface area contributed by atoms with Gasteiger partial charge in [0.2, 0.25) is 0 Å². The van der Waals surface area contributed by atoms with Gasteiger partial charge in [-0.05, 0) is 49.4 Å². The minimum absolute atomic E-state index is 0.715. The van der Waals surface area contributed by atoms with Crippen LogP contribution in [0.5, 0.6) is 0 Å². The van der Waals surface area contributed by atoms with E-state index in [2.05, 4.69) is 51.3 Å². The second-order valence-electron chi connectivity index (χ2n) is 5.27. The van der Waals surface area contributed by atoms with Crippen LogP contribution in [0, 0.1) is 12.8 Å². The van der Waals surface area contributed by atoms with Crippen molar-refractivity contribution < 1.29 is 0 Å². The average Bonchev–Trinajstić information content (AvgIpc) is 3.13. The predicted molar refractivity (Wildman–Crippen MR) is 75.6 cm³/mol. The Bertz CT molecular complexity index is 415. The average molecular weight is 295 g/mol. The Morgan fingerprint density at radius 1 is 1.35 bits per heavy atom. The molecule has 2 fully saturated rings. The molecule has 3 heteroatoms. The van der Waals surface area contributed by atoms with Crippen LogP contribution in [0.15, 0.2) is 22.7 Å². The molecule has 1 atom stereocenters. The van der Waals surface area contributed by atoms with Gasteiger partial charge < -0.3 is 10.2 Å². The quantitative estimate of drug-likeness (QED) is 0.902. The van der Waals surface area contributed by atoms with Crippen LogP contribution in [0.25, 0.3) is 0 Å². The lowest BCUT2D eigenvalue weighted by Crippen LogP contribution is -2.51. The van der Waals surface area contributed by atoms with E-state index in [0.717, 1.165) is 19.0 Å². The summed E-state index contributed by atoms with van der Waals surface area (Å²) in [5.41, 5.74) is 2.77. The van der Waals surface area contributed by atoms with Crippen molar-refractivity contribution in [3.63, 3.8) is 0 Å². The van der Waals surface area contributed by atoms with Crippen molar-refractivity contribution in [2.45, 2.75) is 25.8 Å². The zero-order chi connectivity index (χ0) is 11.8. The molecule has 1 saturated heterocycles. The maximum atomic E-state index is 3.66. The molecule has 3 rings (SSSR count). The molecule has 92 valence electrons. The predicted octanol–water partition coefficient (Wildman–Crippen LogP) is 2.95. The van der Waals surface area contributed by atoms with E-state index in [1.54, 1.807) is 0 Å². The van der Waals surface area contributed by atoms with Crippen molar-refractivity contribution in [3.05, 3.63) is 28.2 Å². The number of benzene rings is 1. The molecule has 1 N–H and O–H groups in total. The van der Waals surface area contributed by atoms with Gasteiger partial charge >= 0.3 is 0 Å². The summed E-state index contributed by atoms with van der Waals surface area (Å²) in [7, 11) is 0. The van der Waals surface area contributed by atoms with Crippen LogP contribution in [0.1, 0.15) is 18.4 Å². The summed E-state index contributed by atoms with van der Waals surface area (Å²) in [6, 6.07) is 7.32. The summed E-state index contributed by atoms with van der Waals surface area (Å²) >= 11 is 3.53. The SMILES string of the molecule is Cc1cc(Br)ccc1N1CCNC(C2CC2)C1. The number of rotatable bonds is 2. The fourth-order valence-corrected chi connectivity index (χ4v) is 3.26.